The Labute approximate surface area is 170 Å². The minimum absolute atomic E-state index is 0.291. The summed E-state index contributed by atoms with van der Waals surface area (Å²) >= 11 is 0. The largest absolute Gasteiger partial charge is 0.491 e. The molecule has 6 nitrogen and oxygen atoms in total. The van der Waals surface area contributed by atoms with Gasteiger partial charge in [-0.05, 0) is 53.4 Å². The summed E-state index contributed by atoms with van der Waals surface area (Å²) in [6, 6.07) is 14.3. The maximum atomic E-state index is 10.4. The normalized spacial score (nSPS) is 22.7. The zero-order chi connectivity index (χ0) is 19.6. The molecule has 2 bridgehead atoms. The Morgan fingerprint density at radius 2 is 1.79 bits per heavy atom. The van der Waals surface area contributed by atoms with Crippen LogP contribution in [0, 0.1) is 0 Å². The van der Waals surface area contributed by atoms with Gasteiger partial charge >= 0.3 is 0 Å². The topological polar surface area (TPSA) is 67.7 Å². The third kappa shape index (κ3) is 4.24. The lowest BCUT2D eigenvalue weighted by molar-refractivity contribution is -0.0528. The van der Waals surface area contributed by atoms with Gasteiger partial charge < -0.3 is 14.6 Å². The van der Waals surface area contributed by atoms with Crippen molar-refractivity contribution in [2.24, 2.45) is 0 Å². The molecule has 0 amide bonds. The first-order valence-electron chi connectivity index (χ1n) is 10.2. The van der Waals surface area contributed by atoms with Gasteiger partial charge in [0.25, 0.3) is 0 Å². The van der Waals surface area contributed by atoms with Gasteiger partial charge in [0, 0.05) is 25.2 Å². The van der Waals surface area contributed by atoms with E-state index in [9.17, 15) is 5.11 Å². The molecule has 1 aromatic heterocycles. The molecule has 2 saturated heterocycles. The summed E-state index contributed by atoms with van der Waals surface area (Å²) in [4.78, 5) is 2.30. The summed E-state index contributed by atoms with van der Waals surface area (Å²) < 4.78 is 11.7. The monoisotopic (exact) mass is 391 g/mol. The molecular weight excluding hydrogens is 366 g/mol. The van der Waals surface area contributed by atoms with Gasteiger partial charge in [0.2, 0.25) is 0 Å². The van der Waals surface area contributed by atoms with Gasteiger partial charge in [-0.25, -0.2) is 0 Å². The van der Waals surface area contributed by atoms with E-state index >= 15 is 0 Å². The minimum atomic E-state index is -0.509. The molecule has 29 heavy (non-hydrogen) atoms. The van der Waals surface area contributed by atoms with Crippen LogP contribution in [0.25, 0.3) is 21.9 Å². The van der Waals surface area contributed by atoms with Crippen LogP contribution in [0.1, 0.15) is 12.8 Å². The molecule has 2 aromatic carbocycles. The van der Waals surface area contributed by atoms with Crippen LogP contribution >= 0.6 is 0 Å². The van der Waals surface area contributed by atoms with Crippen molar-refractivity contribution < 1.29 is 14.6 Å². The predicted molar refractivity (Wildman–Crippen MR) is 111 cm³/mol. The molecule has 0 saturated carbocycles. The van der Waals surface area contributed by atoms with Gasteiger partial charge in [-0.15, -0.1) is 0 Å². The van der Waals surface area contributed by atoms with Crippen LogP contribution in [0.5, 0.6) is 5.75 Å². The van der Waals surface area contributed by atoms with Gasteiger partial charge in [0.15, 0.2) is 0 Å². The highest BCUT2D eigenvalue weighted by atomic mass is 16.5. The van der Waals surface area contributed by atoms with Crippen LogP contribution in [0.3, 0.4) is 0 Å². The molecular formula is C23H25N3O3. The number of β-amino-alcohol motifs (C(OH)–C–C–N with tert-alkyl or cyclic N) is 1. The Kier molecular flexibility index (Phi) is 5.14. The van der Waals surface area contributed by atoms with Crippen molar-refractivity contribution >= 4 is 10.8 Å². The molecule has 0 spiro atoms. The molecule has 3 aromatic rings. The van der Waals surface area contributed by atoms with Gasteiger partial charge in [-0.2, -0.15) is 10.2 Å². The number of nitrogens with zero attached hydrogens (tertiary/aromatic N) is 3. The number of hydrogen-bond donors (Lipinski definition) is 1. The smallest absolute Gasteiger partial charge is 0.120 e. The molecule has 2 fully saturated rings. The first-order chi connectivity index (χ1) is 14.2. The fourth-order valence-electron chi connectivity index (χ4n) is 4.35. The minimum Gasteiger partial charge on any atom is -0.491 e. The van der Waals surface area contributed by atoms with E-state index in [1.54, 1.807) is 12.4 Å². The summed E-state index contributed by atoms with van der Waals surface area (Å²) in [5.41, 5.74) is 2.15. The first-order valence-corrected chi connectivity index (χ1v) is 10.2. The van der Waals surface area contributed by atoms with Crippen molar-refractivity contribution in [2.75, 3.05) is 26.2 Å². The number of fused-ring (bicyclic) bond motifs is 3. The highest BCUT2D eigenvalue weighted by Gasteiger charge is 2.34. The molecule has 2 aliphatic heterocycles. The molecule has 5 rings (SSSR count). The Morgan fingerprint density at radius 1 is 1.00 bits per heavy atom. The highest BCUT2D eigenvalue weighted by Crippen LogP contribution is 2.28. The second-order valence-corrected chi connectivity index (χ2v) is 8.00. The quantitative estimate of drug-likeness (QED) is 0.697. The third-order valence-corrected chi connectivity index (χ3v) is 5.76. The van der Waals surface area contributed by atoms with Crippen molar-refractivity contribution in [2.45, 2.75) is 31.2 Å². The summed E-state index contributed by atoms with van der Waals surface area (Å²) in [6.07, 6.45) is 5.92. The number of hydrogen-bond acceptors (Lipinski definition) is 6. The number of aliphatic hydroxyl groups excluding tert-OH is 1. The maximum absolute atomic E-state index is 10.4. The Hall–Kier alpha value is -2.54. The lowest BCUT2D eigenvalue weighted by Crippen LogP contribution is -2.46. The Morgan fingerprint density at radius 3 is 2.59 bits per heavy atom. The van der Waals surface area contributed by atoms with Crippen LogP contribution < -0.4 is 4.74 Å². The van der Waals surface area contributed by atoms with Crippen LogP contribution in [0.4, 0.5) is 0 Å². The molecule has 3 heterocycles. The van der Waals surface area contributed by atoms with Crippen molar-refractivity contribution in [3.63, 3.8) is 0 Å². The molecule has 0 aliphatic carbocycles. The molecule has 6 heteroatoms. The van der Waals surface area contributed by atoms with E-state index in [4.69, 9.17) is 9.47 Å². The van der Waals surface area contributed by atoms with E-state index in [1.165, 1.54) is 0 Å². The second kappa shape index (κ2) is 8.06. The average molecular weight is 391 g/mol. The zero-order valence-electron chi connectivity index (χ0n) is 16.3. The van der Waals surface area contributed by atoms with E-state index in [0.29, 0.717) is 25.4 Å². The van der Waals surface area contributed by atoms with Crippen molar-refractivity contribution in [3.05, 3.63) is 54.9 Å². The van der Waals surface area contributed by atoms with E-state index < -0.39 is 6.10 Å². The third-order valence-electron chi connectivity index (χ3n) is 5.76. The van der Waals surface area contributed by atoms with E-state index in [2.05, 4.69) is 39.4 Å². The standard InChI is InChI=1S/C23H25N3O3/c27-20(12-26-13-22-5-6-23(14-26)29-22)15-28-21-4-3-16-9-17(1-2-18(16)10-21)19-7-8-24-25-11-19/h1-4,7-11,20,22-23,27H,5-6,12-15H2/t20?,22-,23+. The number of morpholine rings is 1. The van der Waals surface area contributed by atoms with Crippen molar-refractivity contribution in [1.29, 1.82) is 0 Å². The summed E-state index contributed by atoms with van der Waals surface area (Å²) in [7, 11) is 0. The number of aromatic nitrogens is 2. The SMILES string of the molecule is OC(COc1ccc2cc(-c3ccnnc3)ccc2c1)CN1C[C@H]2CC[C@@H](C1)O2. The molecule has 2 aliphatic rings. The maximum Gasteiger partial charge on any atom is 0.120 e. The highest BCUT2D eigenvalue weighted by molar-refractivity contribution is 5.88. The fourth-order valence-corrected chi connectivity index (χ4v) is 4.35. The van der Waals surface area contributed by atoms with E-state index in [-0.39, 0.29) is 0 Å². The second-order valence-electron chi connectivity index (χ2n) is 8.00. The lowest BCUT2D eigenvalue weighted by atomic mass is 10.0. The lowest BCUT2D eigenvalue weighted by Gasteiger charge is -2.33. The van der Waals surface area contributed by atoms with Crippen LogP contribution in [-0.2, 0) is 4.74 Å². The number of ether oxygens (including phenoxy) is 2. The van der Waals surface area contributed by atoms with Gasteiger partial charge in [-0.3, -0.25) is 4.90 Å². The first kappa shape index (κ1) is 18.5. The molecule has 150 valence electrons. The molecule has 0 radical (unpaired) electrons. The molecule has 3 atom stereocenters. The van der Waals surface area contributed by atoms with Crippen molar-refractivity contribution in [3.8, 4) is 16.9 Å². The zero-order valence-corrected chi connectivity index (χ0v) is 16.3. The van der Waals surface area contributed by atoms with Crippen LogP contribution in [0.15, 0.2) is 54.9 Å². The number of benzene rings is 2. The van der Waals surface area contributed by atoms with Crippen LogP contribution in [0.2, 0.25) is 0 Å². The van der Waals surface area contributed by atoms with E-state index in [1.807, 2.05) is 18.2 Å². The summed E-state index contributed by atoms with van der Waals surface area (Å²) in [5, 5.41) is 20.4. The number of likely N-dealkylation sites (tertiary alicyclic amines) is 1. The van der Waals surface area contributed by atoms with Gasteiger partial charge in [0.1, 0.15) is 18.5 Å². The number of rotatable bonds is 6. The molecule has 1 unspecified atom stereocenters. The Balaban J connectivity index is 1.20. The summed E-state index contributed by atoms with van der Waals surface area (Å²) in [5.74, 6) is 0.775. The van der Waals surface area contributed by atoms with Crippen molar-refractivity contribution in [1.82, 2.24) is 15.1 Å². The van der Waals surface area contributed by atoms with Gasteiger partial charge in [0.05, 0.1) is 24.6 Å². The average Bonchev–Trinajstić information content (AvgIpc) is 3.10. The Bertz CT molecular complexity index is 970. The van der Waals surface area contributed by atoms with E-state index in [0.717, 1.165) is 53.6 Å². The van der Waals surface area contributed by atoms with Gasteiger partial charge in [-0.1, -0.05) is 18.2 Å². The van der Waals surface area contributed by atoms with Crippen LogP contribution in [-0.4, -0.2) is 64.8 Å². The molecule has 1 N–H and O–H groups in total. The predicted octanol–water partition coefficient (Wildman–Crippen LogP) is 2.90. The fraction of sp³-hybridized carbons (Fsp3) is 0.391. The summed E-state index contributed by atoms with van der Waals surface area (Å²) in [6.45, 7) is 2.75. The number of aliphatic hydroxyl groups is 1.